The van der Waals surface area contributed by atoms with Gasteiger partial charge in [0.05, 0.1) is 6.54 Å². The van der Waals surface area contributed by atoms with Crippen LogP contribution in [0.5, 0.6) is 5.75 Å². The summed E-state index contributed by atoms with van der Waals surface area (Å²) in [4.78, 5) is 11.2. The standard InChI is InChI=1S/C13H16N2O2/c1-2-3-7-13(16)15-8-9-17-12-6-4-5-11(14)10-12/h1,4-6,10H,3,7-9,14H2,(H,15,16). The Labute approximate surface area is 101 Å². The van der Waals surface area contributed by atoms with Gasteiger partial charge in [-0.3, -0.25) is 4.79 Å². The third-order valence-corrected chi connectivity index (χ3v) is 2.05. The first kappa shape index (κ1) is 12.9. The van der Waals surface area contributed by atoms with E-state index in [9.17, 15) is 4.79 Å². The molecule has 0 unspecified atom stereocenters. The molecule has 0 atom stereocenters. The number of terminal acetylenes is 1. The maximum Gasteiger partial charge on any atom is 0.221 e. The second-order valence-corrected chi connectivity index (χ2v) is 3.48. The molecule has 4 nitrogen and oxygen atoms in total. The molecule has 3 N–H and O–H groups in total. The smallest absolute Gasteiger partial charge is 0.221 e. The fourth-order valence-corrected chi connectivity index (χ4v) is 1.24. The minimum atomic E-state index is -0.0564. The van der Waals surface area contributed by atoms with Gasteiger partial charge in [-0.05, 0) is 12.1 Å². The lowest BCUT2D eigenvalue weighted by molar-refractivity contribution is -0.121. The molecule has 0 bridgehead atoms. The van der Waals surface area contributed by atoms with Crippen molar-refractivity contribution in [2.75, 3.05) is 18.9 Å². The molecule has 0 aliphatic rings. The molecule has 1 aromatic rings. The first-order valence-corrected chi connectivity index (χ1v) is 5.41. The van der Waals surface area contributed by atoms with Crippen molar-refractivity contribution >= 4 is 11.6 Å². The van der Waals surface area contributed by atoms with Crippen LogP contribution in [0.2, 0.25) is 0 Å². The summed E-state index contributed by atoms with van der Waals surface area (Å²) in [6.07, 6.45) is 5.87. The number of nitrogens with one attached hydrogen (secondary N) is 1. The van der Waals surface area contributed by atoms with Crippen LogP contribution in [0.15, 0.2) is 24.3 Å². The Bertz CT molecular complexity index is 410. The minimum absolute atomic E-state index is 0.0564. The summed E-state index contributed by atoms with van der Waals surface area (Å²) in [6.45, 7) is 0.865. The number of ether oxygens (including phenoxy) is 1. The van der Waals surface area contributed by atoms with Gasteiger partial charge in [0, 0.05) is 24.6 Å². The summed E-state index contributed by atoms with van der Waals surface area (Å²) in [5.41, 5.74) is 6.25. The summed E-state index contributed by atoms with van der Waals surface area (Å²) < 4.78 is 5.41. The van der Waals surface area contributed by atoms with Crippen LogP contribution in [-0.2, 0) is 4.79 Å². The molecule has 0 heterocycles. The van der Waals surface area contributed by atoms with E-state index in [1.807, 2.05) is 12.1 Å². The molecule has 0 saturated carbocycles. The summed E-state index contributed by atoms with van der Waals surface area (Å²) in [5.74, 6) is 3.06. The number of amides is 1. The second kappa shape index (κ2) is 7.18. The van der Waals surface area contributed by atoms with Crippen LogP contribution in [0.4, 0.5) is 5.69 Å². The van der Waals surface area contributed by atoms with E-state index >= 15 is 0 Å². The van der Waals surface area contributed by atoms with Crippen LogP contribution in [0, 0.1) is 12.3 Å². The first-order valence-electron chi connectivity index (χ1n) is 5.41. The number of benzene rings is 1. The van der Waals surface area contributed by atoms with Gasteiger partial charge in [0.2, 0.25) is 5.91 Å². The summed E-state index contributed by atoms with van der Waals surface area (Å²) in [7, 11) is 0. The normalized spacial score (nSPS) is 9.35. The average Bonchev–Trinajstić information content (AvgIpc) is 2.32. The summed E-state index contributed by atoms with van der Waals surface area (Å²) in [5, 5.41) is 2.71. The number of hydrogen-bond acceptors (Lipinski definition) is 3. The van der Waals surface area contributed by atoms with Crippen LogP contribution in [0.3, 0.4) is 0 Å². The maximum atomic E-state index is 11.2. The van der Waals surface area contributed by atoms with Crippen LogP contribution in [0.1, 0.15) is 12.8 Å². The number of rotatable bonds is 6. The van der Waals surface area contributed by atoms with Gasteiger partial charge in [-0.2, -0.15) is 0 Å². The molecule has 0 saturated heterocycles. The van der Waals surface area contributed by atoms with Gasteiger partial charge < -0.3 is 15.8 Å². The molecule has 1 aromatic carbocycles. The largest absolute Gasteiger partial charge is 0.492 e. The highest BCUT2D eigenvalue weighted by Crippen LogP contribution is 2.13. The van der Waals surface area contributed by atoms with E-state index in [4.69, 9.17) is 16.9 Å². The van der Waals surface area contributed by atoms with Crippen molar-refractivity contribution in [2.45, 2.75) is 12.8 Å². The molecule has 0 fully saturated rings. The zero-order valence-corrected chi connectivity index (χ0v) is 9.61. The van der Waals surface area contributed by atoms with Crippen molar-refractivity contribution in [3.8, 4) is 18.1 Å². The molecule has 0 spiro atoms. The number of anilines is 1. The van der Waals surface area contributed by atoms with E-state index in [0.29, 0.717) is 37.4 Å². The van der Waals surface area contributed by atoms with E-state index in [2.05, 4.69) is 11.2 Å². The Kier molecular flexibility index (Phi) is 5.45. The van der Waals surface area contributed by atoms with E-state index in [0.717, 1.165) is 0 Å². The molecular weight excluding hydrogens is 216 g/mol. The fourth-order valence-electron chi connectivity index (χ4n) is 1.24. The Morgan fingerprint density at radius 3 is 3.06 bits per heavy atom. The van der Waals surface area contributed by atoms with Crippen LogP contribution in [-0.4, -0.2) is 19.1 Å². The highest BCUT2D eigenvalue weighted by atomic mass is 16.5. The lowest BCUT2D eigenvalue weighted by Crippen LogP contribution is -2.27. The predicted molar refractivity (Wildman–Crippen MR) is 67.4 cm³/mol. The predicted octanol–water partition coefficient (Wildman–Crippen LogP) is 1.18. The van der Waals surface area contributed by atoms with Gasteiger partial charge in [0.25, 0.3) is 0 Å². The summed E-state index contributed by atoms with van der Waals surface area (Å²) in [6, 6.07) is 7.15. The molecule has 0 radical (unpaired) electrons. The second-order valence-electron chi connectivity index (χ2n) is 3.48. The van der Waals surface area contributed by atoms with Crippen molar-refractivity contribution in [3.63, 3.8) is 0 Å². The van der Waals surface area contributed by atoms with Crippen molar-refractivity contribution in [3.05, 3.63) is 24.3 Å². The Morgan fingerprint density at radius 2 is 2.35 bits per heavy atom. The van der Waals surface area contributed by atoms with Crippen LogP contribution >= 0.6 is 0 Å². The molecule has 4 heteroatoms. The molecule has 1 rings (SSSR count). The Balaban J connectivity index is 2.16. The monoisotopic (exact) mass is 232 g/mol. The van der Waals surface area contributed by atoms with Gasteiger partial charge in [-0.1, -0.05) is 6.07 Å². The first-order chi connectivity index (χ1) is 8.22. The number of carbonyl (C=O) groups excluding carboxylic acids is 1. The highest BCUT2D eigenvalue weighted by molar-refractivity contribution is 5.76. The molecule has 0 aliphatic carbocycles. The number of nitrogen functional groups attached to an aromatic ring is 1. The minimum Gasteiger partial charge on any atom is -0.492 e. The van der Waals surface area contributed by atoms with Gasteiger partial charge in [-0.15, -0.1) is 12.3 Å². The summed E-state index contributed by atoms with van der Waals surface area (Å²) >= 11 is 0. The lowest BCUT2D eigenvalue weighted by atomic mass is 10.3. The van der Waals surface area contributed by atoms with Crippen LogP contribution < -0.4 is 15.8 Å². The van der Waals surface area contributed by atoms with Crippen molar-refractivity contribution in [1.82, 2.24) is 5.32 Å². The fraction of sp³-hybridized carbons (Fsp3) is 0.308. The maximum absolute atomic E-state index is 11.2. The van der Waals surface area contributed by atoms with Gasteiger partial charge >= 0.3 is 0 Å². The van der Waals surface area contributed by atoms with Crippen molar-refractivity contribution in [1.29, 1.82) is 0 Å². The van der Waals surface area contributed by atoms with E-state index in [-0.39, 0.29) is 5.91 Å². The molecule has 0 aliphatic heterocycles. The third-order valence-electron chi connectivity index (χ3n) is 2.05. The topological polar surface area (TPSA) is 64.3 Å². The Hall–Kier alpha value is -2.15. The molecular formula is C13H16N2O2. The SMILES string of the molecule is C#CCCC(=O)NCCOc1cccc(N)c1. The molecule has 1 amide bonds. The van der Waals surface area contributed by atoms with Gasteiger partial charge in [-0.25, -0.2) is 0 Å². The molecule has 17 heavy (non-hydrogen) atoms. The number of carbonyl (C=O) groups is 1. The molecule has 90 valence electrons. The van der Waals surface area contributed by atoms with Gasteiger partial charge in [0.15, 0.2) is 0 Å². The van der Waals surface area contributed by atoms with Gasteiger partial charge in [0.1, 0.15) is 12.4 Å². The quantitative estimate of drug-likeness (QED) is 0.440. The highest BCUT2D eigenvalue weighted by Gasteiger charge is 1.99. The Morgan fingerprint density at radius 1 is 1.53 bits per heavy atom. The molecule has 0 aromatic heterocycles. The van der Waals surface area contributed by atoms with E-state index in [1.54, 1.807) is 12.1 Å². The van der Waals surface area contributed by atoms with E-state index < -0.39 is 0 Å². The third kappa shape index (κ3) is 5.47. The average molecular weight is 232 g/mol. The zero-order chi connectivity index (χ0) is 12.5. The number of nitrogens with two attached hydrogens (primary N) is 1. The lowest BCUT2D eigenvalue weighted by Gasteiger charge is -2.07. The van der Waals surface area contributed by atoms with Crippen LogP contribution in [0.25, 0.3) is 0 Å². The van der Waals surface area contributed by atoms with Crippen molar-refractivity contribution in [2.24, 2.45) is 0 Å². The zero-order valence-electron chi connectivity index (χ0n) is 9.61. The number of hydrogen-bond donors (Lipinski definition) is 2. The van der Waals surface area contributed by atoms with Crippen molar-refractivity contribution < 1.29 is 9.53 Å². The van der Waals surface area contributed by atoms with E-state index in [1.165, 1.54) is 0 Å².